The third-order valence-corrected chi connectivity index (χ3v) is 6.42. The number of hydrogen-bond donors (Lipinski definition) is 0. The van der Waals surface area contributed by atoms with Gasteiger partial charge >= 0.3 is 0 Å². The number of amides is 1. The first-order valence-electron chi connectivity index (χ1n) is 9.42. The zero-order chi connectivity index (χ0) is 21.0. The maximum absolute atomic E-state index is 13.4. The Kier molecular flexibility index (Phi) is 5.46. The second-order valence-electron chi connectivity index (χ2n) is 6.67. The fourth-order valence-electron chi connectivity index (χ4n) is 3.18. The molecule has 5 heteroatoms. The van der Waals surface area contributed by atoms with Gasteiger partial charge in [0.2, 0.25) is 0 Å². The topological polar surface area (TPSA) is 54.5 Å². The average Bonchev–Trinajstić information content (AvgIpc) is 2.81. The number of benzene rings is 4. The molecule has 4 aromatic carbocycles. The predicted octanol–water partition coefficient (Wildman–Crippen LogP) is 5.39. The minimum absolute atomic E-state index is 0.0584. The summed E-state index contributed by atoms with van der Waals surface area (Å²) in [5.41, 5.74) is 2.55. The first-order valence-corrected chi connectivity index (χ1v) is 10.9. The van der Waals surface area contributed by atoms with Crippen LogP contribution in [0.1, 0.15) is 10.4 Å². The highest BCUT2D eigenvalue weighted by molar-refractivity contribution is 7.93. The Morgan fingerprint density at radius 3 is 1.60 bits per heavy atom. The van der Waals surface area contributed by atoms with E-state index in [0.717, 1.165) is 15.4 Å². The number of nitrogens with zero attached hydrogens (tertiary/aromatic N) is 1. The van der Waals surface area contributed by atoms with E-state index in [9.17, 15) is 13.2 Å². The molecule has 0 saturated heterocycles. The maximum Gasteiger partial charge on any atom is 0.272 e. The van der Waals surface area contributed by atoms with Crippen LogP contribution in [0.5, 0.6) is 0 Å². The van der Waals surface area contributed by atoms with Crippen molar-refractivity contribution in [3.05, 3.63) is 121 Å². The van der Waals surface area contributed by atoms with Crippen molar-refractivity contribution >= 4 is 21.6 Å². The zero-order valence-electron chi connectivity index (χ0n) is 16.0. The third-order valence-electron chi connectivity index (χ3n) is 4.70. The molecule has 0 N–H and O–H groups in total. The molecule has 0 spiro atoms. The Bertz CT molecular complexity index is 1240. The van der Waals surface area contributed by atoms with Crippen molar-refractivity contribution < 1.29 is 13.2 Å². The second-order valence-corrected chi connectivity index (χ2v) is 8.45. The SMILES string of the molecule is O=C(c1ccc(-c2ccccc2)cc1)N(c1ccccc1)S(=O)(=O)c1ccccc1. The summed E-state index contributed by atoms with van der Waals surface area (Å²) >= 11 is 0. The van der Waals surface area contributed by atoms with E-state index in [1.165, 1.54) is 12.1 Å². The highest BCUT2D eigenvalue weighted by Crippen LogP contribution is 2.27. The molecule has 0 heterocycles. The van der Waals surface area contributed by atoms with Gasteiger partial charge in [0.25, 0.3) is 15.9 Å². The summed E-state index contributed by atoms with van der Waals surface area (Å²) in [4.78, 5) is 13.4. The lowest BCUT2D eigenvalue weighted by Crippen LogP contribution is -2.37. The van der Waals surface area contributed by atoms with Crippen molar-refractivity contribution in [2.45, 2.75) is 4.90 Å². The minimum Gasteiger partial charge on any atom is -0.268 e. The summed E-state index contributed by atoms with van der Waals surface area (Å²) in [6.07, 6.45) is 0. The van der Waals surface area contributed by atoms with Crippen molar-refractivity contribution in [3.63, 3.8) is 0 Å². The van der Waals surface area contributed by atoms with Gasteiger partial charge < -0.3 is 0 Å². The highest BCUT2D eigenvalue weighted by Gasteiger charge is 2.31. The van der Waals surface area contributed by atoms with Crippen LogP contribution in [-0.4, -0.2) is 14.3 Å². The third kappa shape index (κ3) is 3.88. The molecule has 4 nitrogen and oxygen atoms in total. The highest BCUT2D eigenvalue weighted by atomic mass is 32.2. The van der Waals surface area contributed by atoms with Gasteiger partial charge in [0.05, 0.1) is 10.6 Å². The lowest BCUT2D eigenvalue weighted by Gasteiger charge is -2.23. The number of carbonyl (C=O) groups is 1. The molecule has 0 aliphatic rings. The normalized spacial score (nSPS) is 11.1. The molecule has 148 valence electrons. The van der Waals surface area contributed by atoms with Gasteiger partial charge in [-0.05, 0) is 47.5 Å². The summed E-state index contributed by atoms with van der Waals surface area (Å²) in [5, 5.41) is 0. The van der Waals surface area contributed by atoms with Crippen molar-refractivity contribution in [2.24, 2.45) is 0 Å². The Labute approximate surface area is 176 Å². The predicted molar refractivity (Wildman–Crippen MR) is 119 cm³/mol. The van der Waals surface area contributed by atoms with E-state index >= 15 is 0 Å². The van der Waals surface area contributed by atoms with Crippen molar-refractivity contribution in [3.8, 4) is 11.1 Å². The Hall–Kier alpha value is -3.70. The van der Waals surface area contributed by atoms with E-state index in [1.54, 1.807) is 60.7 Å². The van der Waals surface area contributed by atoms with Gasteiger partial charge in [0.1, 0.15) is 0 Å². The van der Waals surface area contributed by atoms with E-state index < -0.39 is 15.9 Å². The van der Waals surface area contributed by atoms with Crippen LogP contribution in [0.4, 0.5) is 5.69 Å². The molecule has 0 aromatic heterocycles. The summed E-state index contributed by atoms with van der Waals surface area (Å²) in [6, 6.07) is 33.1. The molecule has 30 heavy (non-hydrogen) atoms. The van der Waals surface area contributed by atoms with Crippen LogP contribution >= 0.6 is 0 Å². The molecule has 4 rings (SSSR count). The van der Waals surface area contributed by atoms with Crippen LogP contribution in [0.25, 0.3) is 11.1 Å². The molecule has 0 atom stereocenters. The largest absolute Gasteiger partial charge is 0.272 e. The molecule has 1 amide bonds. The molecule has 0 saturated carbocycles. The van der Waals surface area contributed by atoms with Crippen LogP contribution in [0, 0.1) is 0 Å². The van der Waals surface area contributed by atoms with Gasteiger partial charge in [-0.25, -0.2) is 8.42 Å². The van der Waals surface area contributed by atoms with Gasteiger partial charge in [-0.2, -0.15) is 4.31 Å². The summed E-state index contributed by atoms with van der Waals surface area (Å²) in [6.45, 7) is 0. The van der Waals surface area contributed by atoms with E-state index in [4.69, 9.17) is 0 Å². The lowest BCUT2D eigenvalue weighted by atomic mass is 10.0. The molecule has 0 unspecified atom stereocenters. The number of carbonyl (C=O) groups excluding carboxylic acids is 1. The van der Waals surface area contributed by atoms with Crippen molar-refractivity contribution in [1.29, 1.82) is 0 Å². The zero-order valence-corrected chi connectivity index (χ0v) is 16.9. The Balaban J connectivity index is 1.75. The summed E-state index contributed by atoms with van der Waals surface area (Å²) in [7, 11) is -4.08. The average molecular weight is 413 g/mol. The molecule has 0 radical (unpaired) electrons. The number of sulfonamides is 1. The molecule has 0 fully saturated rings. The van der Waals surface area contributed by atoms with Gasteiger partial charge in [0.15, 0.2) is 0 Å². The first-order chi connectivity index (χ1) is 14.6. The molecule has 0 aliphatic carbocycles. The molecular formula is C25H19NO3S. The monoisotopic (exact) mass is 413 g/mol. The van der Waals surface area contributed by atoms with E-state index in [0.29, 0.717) is 5.69 Å². The van der Waals surface area contributed by atoms with Crippen molar-refractivity contribution in [1.82, 2.24) is 0 Å². The first kappa shape index (κ1) is 19.6. The van der Waals surface area contributed by atoms with Gasteiger partial charge in [-0.15, -0.1) is 0 Å². The van der Waals surface area contributed by atoms with E-state index in [-0.39, 0.29) is 10.5 Å². The van der Waals surface area contributed by atoms with E-state index in [2.05, 4.69) is 0 Å². The van der Waals surface area contributed by atoms with Crippen LogP contribution in [0.3, 0.4) is 0 Å². The second kappa shape index (κ2) is 8.35. The minimum atomic E-state index is -4.08. The quantitative estimate of drug-likeness (QED) is 0.441. The number of anilines is 1. The van der Waals surface area contributed by atoms with Crippen molar-refractivity contribution in [2.75, 3.05) is 4.31 Å². The van der Waals surface area contributed by atoms with Gasteiger partial charge in [-0.1, -0.05) is 78.9 Å². The maximum atomic E-state index is 13.4. The standard InChI is InChI=1S/C25H19NO3S/c27-25(22-18-16-21(17-19-22)20-10-4-1-5-11-20)26(23-12-6-2-7-13-23)30(28,29)24-14-8-3-9-15-24/h1-19H. The number of hydrogen-bond acceptors (Lipinski definition) is 3. The van der Waals surface area contributed by atoms with Crippen LogP contribution < -0.4 is 4.31 Å². The van der Waals surface area contributed by atoms with Crippen LogP contribution in [-0.2, 0) is 10.0 Å². The van der Waals surface area contributed by atoms with Gasteiger partial charge in [0, 0.05) is 5.56 Å². The lowest BCUT2D eigenvalue weighted by molar-refractivity contribution is 0.101. The molecule has 4 aromatic rings. The van der Waals surface area contributed by atoms with Crippen LogP contribution in [0.2, 0.25) is 0 Å². The fourth-order valence-corrected chi connectivity index (χ4v) is 4.61. The molecule has 0 aliphatic heterocycles. The Morgan fingerprint density at radius 1 is 0.567 bits per heavy atom. The summed E-state index contributed by atoms with van der Waals surface area (Å²) < 4.78 is 27.5. The summed E-state index contributed by atoms with van der Waals surface area (Å²) in [5.74, 6) is -0.607. The number of rotatable bonds is 5. The van der Waals surface area contributed by atoms with Gasteiger partial charge in [-0.3, -0.25) is 4.79 Å². The van der Waals surface area contributed by atoms with E-state index in [1.807, 2.05) is 42.5 Å². The molecule has 0 bridgehead atoms. The fraction of sp³-hybridized carbons (Fsp3) is 0. The number of para-hydroxylation sites is 1. The Morgan fingerprint density at radius 2 is 1.03 bits per heavy atom. The smallest absolute Gasteiger partial charge is 0.268 e. The van der Waals surface area contributed by atoms with Crippen LogP contribution in [0.15, 0.2) is 120 Å². The molecular weight excluding hydrogens is 394 g/mol.